The summed E-state index contributed by atoms with van der Waals surface area (Å²) >= 11 is 0. The summed E-state index contributed by atoms with van der Waals surface area (Å²) in [6.45, 7) is -0.121. The van der Waals surface area contributed by atoms with Gasteiger partial charge in [-0.05, 0) is 48.7 Å². The summed E-state index contributed by atoms with van der Waals surface area (Å²) in [6.07, 6.45) is 2.08. The van der Waals surface area contributed by atoms with E-state index in [0.717, 1.165) is 29.0 Å². The van der Waals surface area contributed by atoms with E-state index < -0.39 is 36.0 Å². The second-order valence-electron chi connectivity index (χ2n) is 9.65. The minimum Gasteiger partial charge on any atom is -0.306 e. The van der Waals surface area contributed by atoms with E-state index in [1.807, 2.05) is 48.5 Å². The quantitative estimate of drug-likeness (QED) is 0.507. The van der Waals surface area contributed by atoms with E-state index in [9.17, 15) is 23.6 Å². The molecule has 8 heteroatoms. The Labute approximate surface area is 213 Å². The van der Waals surface area contributed by atoms with Gasteiger partial charge in [-0.1, -0.05) is 48.9 Å². The number of para-hydroxylation sites is 2. The zero-order valence-corrected chi connectivity index (χ0v) is 20.0. The number of fused-ring (bicyclic) bond motifs is 3. The van der Waals surface area contributed by atoms with Crippen molar-refractivity contribution in [2.45, 2.75) is 31.8 Å². The smallest absolute Gasteiger partial charge is 0.262 e. The Hall–Kier alpha value is -4.33. The molecule has 3 aliphatic rings. The third kappa shape index (κ3) is 3.80. The van der Waals surface area contributed by atoms with Crippen LogP contribution in [0.4, 0.5) is 15.8 Å². The van der Waals surface area contributed by atoms with Gasteiger partial charge >= 0.3 is 0 Å². The average molecular weight is 498 g/mol. The van der Waals surface area contributed by atoms with Crippen molar-refractivity contribution in [2.75, 3.05) is 16.3 Å². The number of amides is 4. The highest BCUT2D eigenvalue weighted by molar-refractivity contribution is 6.23. The van der Waals surface area contributed by atoms with E-state index >= 15 is 0 Å². The lowest BCUT2D eigenvalue weighted by atomic mass is 10.0. The number of carbonyl (C=O) groups excluding carboxylic acids is 4. The van der Waals surface area contributed by atoms with Crippen LogP contribution in [0.15, 0.2) is 72.8 Å². The van der Waals surface area contributed by atoms with E-state index in [1.54, 1.807) is 15.9 Å². The zero-order chi connectivity index (χ0) is 25.7. The molecule has 3 aromatic carbocycles. The minimum absolute atomic E-state index is 0.0368. The van der Waals surface area contributed by atoms with Crippen molar-refractivity contribution in [3.8, 4) is 0 Å². The summed E-state index contributed by atoms with van der Waals surface area (Å²) in [4.78, 5) is 57.8. The highest BCUT2D eigenvalue weighted by atomic mass is 19.1. The third-order valence-electron chi connectivity index (χ3n) is 7.50. The van der Waals surface area contributed by atoms with Gasteiger partial charge in [-0.2, -0.15) is 0 Å². The zero-order valence-electron chi connectivity index (χ0n) is 20.0. The Morgan fingerprint density at radius 3 is 2.30 bits per heavy atom. The number of hydrogen-bond acceptors (Lipinski definition) is 4. The highest BCUT2D eigenvalue weighted by Crippen LogP contribution is 2.43. The first-order valence-electron chi connectivity index (χ1n) is 12.4. The summed E-state index contributed by atoms with van der Waals surface area (Å²) in [6, 6.07) is 20.0. The standard InChI is InChI=1S/C29H24FN3O4/c30-19-13-14-20-22(15-19)29(37)32(27(20)35)17-26(34)33-23-12-6-9-21(23)28(36)31(16-18-7-2-1-3-8-18)24-10-4-5-11-25(24)33/h1-5,7-8,10-11,13-15,21,23H,6,9,12,16-17H2. The summed E-state index contributed by atoms with van der Waals surface area (Å²) < 4.78 is 13.7. The van der Waals surface area contributed by atoms with Gasteiger partial charge < -0.3 is 9.80 Å². The molecule has 0 saturated heterocycles. The molecular formula is C29H24FN3O4. The van der Waals surface area contributed by atoms with Crippen molar-refractivity contribution in [2.24, 2.45) is 5.92 Å². The van der Waals surface area contributed by atoms with Gasteiger partial charge in [-0.15, -0.1) is 0 Å². The molecule has 0 spiro atoms. The largest absolute Gasteiger partial charge is 0.306 e. The maximum absolute atomic E-state index is 13.9. The lowest BCUT2D eigenvalue weighted by molar-refractivity contribution is -0.123. The fourth-order valence-electron chi connectivity index (χ4n) is 5.80. The molecule has 4 amide bonds. The Kier molecular flexibility index (Phi) is 5.59. The molecule has 2 heterocycles. The first-order valence-corrected chi connectivity index (χ1v) is 12.4. The fraction of sp³-hybridized carbons (Fsp3) is 0.241. The van der Waals surface area contributed by atoms with Gasteiger partial charge in [0.05, 0.1) is 35.0 Å². The molecule has 2 atom stereocenters. The molecule has 7 nitrogen and oxygen atoms in total. The SMILES string of the molecule is O=C1c2ccc(F)cc2C(=O)N1CC(=O)N1c2ccccc2N(Cc2ccccc2)C(=O)C2CCCC21. The molecular weight excluding hydrogens is 473 g/mol. The van der Waals surface area contributed by atoms with Gasteiger partial charge in [0.1, 0.15) is 12.4 Å². The third-order valence-corrected chi connectivity index (χ3v) is 7.50. The molecule has 0 radical (unpaired) electrons. The predicted molar refractivity (Wildman–Crippen MR) is 134 cm³/mol. The van der Waals surface area contributed by atoms with Crippen LogP contribution in [0.3, 0.4) is 0 Å². The molecule has 37 heavy (non-hydrogen) atoms. The number of nitrogens with zero attached hydrogens (tertiary/aromatic N) is 3. The monoisotopic (exact) mass is 497 g/mol. The topological polar surface area (TPSA) is 78.0 Å². The maximum atomic E-state index is 13.9. The molecule has 1 saturated carbocycles. The molecule has 0 bridgehead atoms. The number of imide groups is 1. The normalized spacial score (nSPS) is 20.6. The van der Waals surface area contributed by atoms with Crippen molar-refractivity contribution in [3.63, 3.8) is 0 Å². The van der Waals surface area contributed by atoms with E-state index in [4.69, 9.17) is 0 Å². The van der Waals surface area contributed by atoms with Crippen LogP contribution < -0.4 is 9.80 Å². The van der Waals surface area contributed by atoms with E-state index in [-0.39, 0.29) is 23.1 Å². The van der Waals surface area contributed by atoms with Crippen LogP contribution in [0.25, 0.3) is 0 Å². The Balaban J connectivity index is 1.37. The second-order valence-corrected chi connectivity index (χ2v) is 9.65. The second kappa shape index (κ2) is 8.96. The molecule has 2 unspecified atom stereocenters. The lowest BCUT2D eigenvalue weighted by Gasteiger charge is -2.31. The van der Waals surface area contributed by atoms with Crippen LogP contribution in [-0.4, -0.2) is 41.1 Å². The molecule has 1 aliphatic carbocycles. The Morgan fingerprint density at radius 1 is 0.811 bits per heavy atom. The van der Waals surface area contributed by atoms with Crippen LogP contribution in [0.5, 0.6) is 0 Å². The van der Waals surface area contributed by atoms with Crippen molar-refractivity contribution in [1.29, 1.82) is 0 Å². The van der Waals surface area contributed by atoms with Crippen LogP contribution in [0, 0.1) is 11.7 Å². The number of benzene rings is 3. The predicted octanol–water partition coefficient (Wildman–Crippen LogP) is 4.17. The van der Waals surface area contributed by atoms with Crippen molar-refractivity contribution >= 4 is 35.0 Å². The van der Waals surface area contributed by atoms with Crippen LogP contribution in [0.1, 0.15) is 45.5 Å². The van der Waals surface area contributed by atoms with Crippen LogP contribution in [-0.2, 0) is 16.1 Å². The molecule has 0 N–H and O–H groups in total. The molecule has 0 aromatic heterocycles. The molecule has 3 aromatic rings. The van der Waals surface area contributed by atoms with Gasteiger partial charge in [0.15, 0.2) is 0 Å². The fourth-order valence-corrected chi connectivity index (χ4v) is 5.80. The Morgan fingerprint density at radius 2 is 1.51 bits per heavy atom. The van der Waals surface area contributed by atoms with Gasteiger partial charge in [-0.25, -0.2) is 4.39 Å². The van der Waals surface area contributed by atoms with Crippen LogP contribution >= 0.6 is 0 Å². The molecule has 6 rings (SSSR count). The number of rotatable bonds is 4. The first kappa shape index (κ1) is 23.1. The molecule has 2 aliphatic heterocycles. The van der Waals surface area contributed by atoms with Crippen LogP contribution in [0.2, 0.25) is 0 Å². The number of carbonyl (C=O) groups is 4. The van der Waals surface area contributed by atoms with Gasteiger partial charge in [-0.3, -0.25) is 24.1 Å². The van der Waals surface area contributed by atoms with E-state index in [0.29, 0.717) is 30.8 Å². The Bertz CT molecular complexity index is 1440. The summed E-state index contributed by atoms with van der Waals surface area (Å²) in [5.41, 5.74) is 2.20. The van der Waals surface area contributed by atoms with Gasteiger partial charge in [0.2, 0.25) is 11.8 Å². The van der Waals surface area contributed by atoms with Gasteiger partial charge in [0, 0.05) is 6.04 Å². The van der Waals surface area contributed by atoms with Crippen molar-refractivity contribution in [3.05, 3.63) is 95.3 Å². The van der Waals surface area contributed by atoms with E-state index in [1.165, 1.54) is 6.07 Å². The van der Waals surface area contributed by atoms with E-state index in [2.05, 4.69) is 0 Å². The summed E-state index contributed by atoms with van der Waals surface area (Å²) in [5, 5.41) is 0. The summed E-state index contributed by atoms with van der Waals surface area (Å²) in [7, 11) is 0. The summed E-state index contributed by atoms with van der Waals surface area (Å²) in [5.74, 6) is -2.82. The van der Waals surface area contributed by atoms with Gasteiger partial charge in [0.25, 0.3) is 11.8 Å². The lowest BCUT2D eigenvalue weighted by Crippen LogP contribution is -2.49. The maximum Gasteiger partial charge on any atom is 0.262 e. The number of halogens is 1. The van der Waals surface area contributed by atoms with Crippen molar-refractivity contribution in [1.82, 2.24) is 4.90 Å². The van der Waals surface area contributed by atoms with Crippen molar-refractivity contribution < 1.29 is 23.6 Å². The minimum atomic E-state index is -0.694. The number of anilines is 2. The molecule has 186 valence electrons. The highest BCUT2D eigenvalue weighted by Gasteiger charge is 2.47. The average Bonchev–Trinajstić information content (AvgIpc) is 3.45. The first-order chi connectivity index (χ1) is 17.9. The molecule has 1 fully saturated rings. The number of hydrogen-bond donors (Lipinski definition) is 0.